The third-order valence-electron chi connectivity index (χ3n) is 4.46. The molecule has 2 N–H and O–H groups in total. The van der Waals surface area contributed by atoms with Crippen LogP contribution in [0.4, 0.5) is 23.0 Å². The third-order valence-corrected chi connectivity index (χ3v) is 4.46. The van der Waals surface area contributed by atoms with Gasteiger partial charge in [-0.1, -0.05) is 0 Å². The number of fused-ring (bicyclic) bond motifs is 1. The first-order valence-electron chi connectivity index (χ1n) is 8.91. The Morgan fingerprint density at radius 3 is 2.75 bits per heavy atom. The Balaban J connectivity index is 1.48. The topological polar surface area (TPSA) is 124 Å². The fourth-order valence-electron chi connectivity index (χ4n) is 3.04. The van der Waals surface area contributed by atoms with Crippen molar-refractivity contribution < 1.29 is 19.1 Å². The van der Waals surface area contributed by atoms with Crippen molar-refractivity contribution in [3.63, 3.8) is 0 Å². The Labute approximate surface area is 160 Å². The van der Waals surface area contributed by atoms with E-state index in [0.29, 0.717) is 36.9 Å². The Morgan fingerprint density at radius 2 is 1.93 bits per heavy atom. The standard InChI is InChI=1S/C17H20N6O5/c24-23(25)15-16(18-3-4-22-5-7-26-8-6-22)19-10-20-17(15)21-12-1-2-13-14(9-12)28-11-27-13/h1-2,9-10H,3-8,11H2,(H2,18,19,20,21). The summed E-state index contributed by atoms with van der Waals surface area (Å²) in [6.45, 7) is 4.55. The van der Waals surface area contributed by atoms with Crippen molar-refractivity contribution in [2.45, 2.75) is 0 Å². The molecular formula is C17H20N6O5. The van der Waals surface area contributed by atoms with Crippen molar-refractivity contribution in [2.75, 3.05) is 56.8 Å². The molecule has 0 bridgehead atoms. The zero-order valence-electron chi connectivity index (χ0n) is 15.1. The van der Waals surface area contributed by atoms with Crippen LogP contribution in [0, 0.1) is 10.1 Å². The molecule has 0 atom stereocenters. The van der Waals surface area contributed by atoms with E-state index in [0.717, 1.165) is 19.6 Å². The number of morpholine rings is 1. The Kier molecular flexibility index (Phi) is 5.35. The zero-order valence-corrected chi connectivity index (χ0v) is 15.1. The molecule has 0 radical (unpaired) electrons. The lowest BCUT2D eigenvalue weighted by atomic mass is 10.2. The van der Waals surface area contributed by atoms with Gasteiger partial charge in [0.2, 0.25) is 18.4 Å². The first-order valence-corrected chi connectivity index (χ1v) is 8.91. The molecule has 1 saturated heterocycles. The molecule has 4 rings (SSSR count). The number of hydrogen-bond donors (Lipinski definition) is 2. The summed E-state index contributed by atoms with van der Waals surface area (Å²) in [5.74, 6) is 1.49. The van der Waals surface area contributed by atoms with Crippen LogP contribution in [0.1, 0.15) is 0 Å². The lowest BCUT2D eigenvalue weighted by molar-refractivity contribution is -0.383. The highest BCUT2D eigenvalue weighted by Crippen LogP contribution is 2.37. The maximum Gasteiger partial charge on any atom is 0.353 e. The molecule has 11 heteroatoms. The van der Waals surface area contributed by atoms with E-state index in [4.69, 9.17) is 14.2 Å². The summed E-state index contributed by atoms with van der Waals surface area (Å²) in [7, 11) is 0. The summed E-state index contributed by atoms with van der Waals surface area (Å²) in [4.78, 5) is 21.5. The van der Waals surface area contributed by atoms with Crippen LogP contribution < -0.4 is 20.1 Å². The van der Waals surface area contributed by atoms with Gasteiger partial charge in [0.25, 0.3) is 0 Å². The highest BCUT2D eigenvalue weighted by molar-refractivity contribution is 5.74. The first kappa shape index (κ1) is 18.2. The predicted molar refractivity (Wildman–Crippen MR) is 100 cm³/mol. The van der Waals surface area contributed by atoms with Gasteiger partial charge >= 0.3 is 5.69 Å². The zero-order chi connectivity index (χ0) is 19.3. The molecule has 3 heterocycles. The fourth-order valence-corrected chi connectivity index (χ4v) is 3.04. The van der Waals surface area contributed by atoms with Gasteiger partial charge in [0.15, 0.2) is 11.5 Å². The molecule has 0 aliphatic carbocycles. The number of hydrogen-bond acceptors (Lipinski definition) is 10. The van der Waals surface area contributed by atoms with Gasteiger partial charge in [-0.15, -0.1) is 0 Å². The van der Waals surface area contributed by atoms with E-state index in [1.165, 1.54) is 6.33 Å². The van der Waals surface area contributed by atoms with E-state index in [1.54, 1.807) is 18.2 Å². The van der Waals surface area contributed by atoms with Crippen molar-refractivity contribution >= 4 is 23.0 Å². The number of ether oxygens (including phenoxy) is 3. The SMILES string of the molecule is O=[N+]([O-])c1c(NCCN2CCOCC2)ncnc1Nc1ccc2c(c1)OCO2. The smallest absolute Gasteiger partial charge is 0.353 e. The number of nitrogens with one attached hydrogen (secondary N) is 2. The Bertz CT molecular complexity index is 858. The van der Waals surface area contributed by atoms with Gasteiger partial charge in [-0.3, -0.25) is 15.0 Å². The number of aromatic nitrogens is 2. The molecule has 28 heavy (non-hydrogen) atoms. The third kappa shape index (κ3) is 4.05. The summed E-state index contributed by atoms with van der Waals surface area (Å²) in [5, 5.41) is 17.7. The molecule has 148 valence electrons. The van der Waals surface area contributed by atoms with Crippen LogP contribution in [0.2, 0.25) is 0 Å². The summed E-state index contributed by atoms with van der Waals surface area (Å²) >= 11 is 0. The average Bonchev–Trinajstić information content (AvgIpc) is 3.16. The second-order valence-corrected chi connectivity index (χ2v) is 6.25. The van der Waals surface area contributed by atoms with Crippen LogP contribution >= 0.6 is 0 Å². The van der Waals surface area contributed by atoms with E-state index in [1.807, 2.05) is 0 Å². The summed E-state index contributed by atoms with van der Waals surface area (Å²) in [6.07, 6.45) is 1.29. The Hall–Kier alpha value is -3.18. The van der Waals surface area contributed by atoms with Gasteiger partial charge in [0.05, 0.1) is 18.1 Å². The second kappa shape index (κ2) is 8.23. The normalized spacial score (nSPS) is 16.0. The molecule has 0 unspecified atom stereocenters. The van der Waals surface area contributed by atoms with Gasteiger partial charge in [-0.05, 0) is 12.1 Å². The molecule has 2 aliphatic rings. The average molecular weight is 388 g/mol. The van der Waals surface area contributed by atoms with Crippen molar-refractivity contribution in [2.24, 2.45) is 0 Å². The number of anilines is 3. The van der Waals surface area contributed by atoms with Crippen LogP contribution in [-0.4, -0.2) is 66.0 Å². The minimum absolute atomic E-state index is 0.104. The number of nitrogens with zero attached hydrogens (tertiary/aromatic N) is 4. The van der Waals surface area contributed by atoms with Crippen LogP contribution in [0.5, 0.6) is 11.5 Å². The van der Waals surface area contributed by atoms with Crippen molar-refractivity contribution in [3.8, 4) is 11.5 Å². The van der Waals surface area contributed by atoms with Crippen molar-refractivity contribution in [3.05, 3.63) is 34.6 Å². The van der Waals surface area contributed by atoms with E-state index in [9.17, 15) is 10.1 Å². The quantitative estimate of drug-likeness (QED) is 0.534. The van der Waals surface area contributed by atoms with E-state index >= 15 is 0 Å². The number of benzene rings is 1. The molecule has 0 amide bonds. The molecular weight excluding hydrogens is 368 g/mol. The summed E-state index contributed by atoms with van der Waals surface area (Å²) < 4.78 is 15.9. The molecule has 2 aromatic rings. The minimum Gasteiger partial charge on any atom is -0.454 e. The molecule has 11 nitrogen and oxygen atoms in total. The van der Waals surface area contributed by atoms with Crippen LogP contribution in [0.25, 0.3) is 0 Å². The molecule has 1 aromatic heterocycles. The monoisotopic (exact) mass is 388 g/mol. The maximum atomic E-state index is 11.7. The highest BCUT2D eigenvalue weighted by Gasteiger charge is 2.24. The number of rotatable bonds is 7. The summed E-state index contributed by atoms with van der Waals surface area (Å²) in [6, 6.07) is 5.18. The lowest BCUT2D eigenvalue weighted by Crippen LogP contribution is -2.39. The van der Waals surface area contributed by atoms with Crippen LogP contribution in [0.15, 0.2) is 24.5 Å². The molecule has 2 aliphatic heterocycles. The number of nitro groups is 1. The van der Waals surface area contributed by atoms with Gasteiger partial charge < -0.3 is 24.8 Å². The lowest BCUT2D eigenvalue weighted by Gasteiger charge is -2.26. The van der Waals surface area contributed by atoms with Crippen molar-refractivity contribution in [1.29, 1.82) is 0 Å². The predicted octanol–water partition coefficient (Wildman–Crippen LogP) is 1.60. The first-order chi connectivity index (χ1) is 13.7. The summed E-state index contributed by atoms with van der Waals surface area (Å²) in [5.41, 5.74) is 0.396. The van der Waals surface area contributed by atoms with Crippen LogP contribution in [0.3, 0.4) is 0 Å². The van der Waals surface area contributed by atoms with Crippen LogP contribution in [-0.2, 0) is 4.74 Å². The maximum absolute atomic E-state index is 11.7. The highest BCUT2D eigenvalue weighted by atomic mass is 16.7. The molecule has 1 aromatic carbocycles. The molecule has 0 saturated carbocycles. The van der Waals surface area contributed by atoms with Crippen molar-refractivity contribution in [1.82, 2.24) is 14.9 Å². The van der Waals surface area contributed by atoms with E-state index in [2.05, 4.69) is 25.5 Å². The fraction of sp³-hybridized carbons (Fsp3) is 0.412. The molecule has 0 spiro atoms. The van der Waals surface area contributed by atoms with Gasteiger partial charge in [-0.25, -0.2) is 9.97 Å². The van der Waals surface area contributed by atoms with Gasteiger partial charge in [0, 0.05) is 37.9 Å². The largest absolute Gasteiger partial charge is 0.454 e. The second-order valence-electron chi connectivity index (χ2n) is 6.25. The molecule has 1 fully saturated rings. The Morgan fingerprint density at radius 1 is 1.14 bits per heavy atom. The minimum atomic E-state index is -0.494. The van der Waals surface area contributed by atoms with E-state index in [-0.39, 0.29) is 24.1 Å². The van der Waals surface area contributed by atoms with E-state index < -0.39 is 4.92 Å². The van der Waals surface area contributed by atoms with Gasteiger partial charge in [0.1, 0.15) is 6.33 Å². The van der Waals surface area contributed by atoms with Gasteiger partial charge in [-0.2, -0.15) is 0 Å².